The molecule has 220 valence electrons. The number of rotatable bonds is 10. The maximum atomic E-state index is 14.7. The summed E-state index contributed by atoms with van der Waals surface area (Å²) in [4.78, 5) is 17.3. The first kappa shape index (κ1) is 30.5. The number of benzene rings is 2. The van der Waals surface area contributed by atoms with E-state index in [1.807, 2.05) is 0 Å². The number of aliphatic hydroxyl groups excluding tert-OH is 1. The number of nitrogens with two attached hydrogens (primary N) is 1. The number of aromatic nitrogens is 1. The molecular formula is C29H30ClF4N3O4. The largest absolute Gasteiger partial charge is 0.493 e. The Bertz CT molecular complexity index is 1450. The van der Waals surface area contributed by atoms with E-state index in [0.717, 1.165) is 31.9 Å². The molecule has 1 aromatic heterocycles. The predicted octanol–water partition coefficient (Wildman–Crippen LogP) is 5.51. The minimum atomic E-state index is -4.88. The monoisotopic (exact) mass is 595 g/mol. The molecule has 0 bridgehead atoms. The van der Waals surface area contributed by atoms with Crippen LogP contribution in [-0.4, -0.2) is 48.5 Å². The number of carbonyl (C=O) groups is 1. The third kappa shape index (κ3) is 6.58. The van der Waals surface area contributed by atoms with E-state index in [2.05, 4.69) is 10.3 Å². The zero-order valence-electron chi connectivity index (χ0n) is 22.6. The van der Waals surface area contributed by atoms with Gasteiger partial charge in [0, 0.05) is 17.7 Å². The Kier molecular flexibility index (Phi) is 8.54. The van der Waals surface area contributed by atoms with Gasteiger partial charge in [-0.15, -0.1) is 0 Å². The number of halogens is 5. The summed E-state index contributed by atoms with van der Waals surface area (Å²) in [5.74, 6) is -0.754. The summed E-state index contributed by atoms with van der Waals surface area (Å²) in [6.45, 7) is 0.894. The van der Waals surface area contributed by atoms with E-state index in [0.29, 0.717) is 5.75 Å². The highest BCUT2D eigenvalue weighted by Crippen LogP contribution is 2.42. The van der Waals surface area contributed by atoms with Crippen molar-refractivity contribution in [2.45, 2.75) is 49.9 Å². The number of pyridine rings is 1. The van der Waals surface area contributed by atoms with Crippen LogP contribution in [0.4, 0.5) is 17.6 Å². The van der Waals surface area contributed by atoms with Gasteiger partial charge in [-0.2, -0.15) is 13.2 Å². The van der Waals surface area contributed by atoms with Crippen LogP contribution < -0.4 is 20.5 Å². The van der Waals surface area contributed by atoms with Gasteiger partial charge in [-0.25, -0.2) is 4.39 Å². The quantitative estimate of drug-likeness (QED) is 0.267. The molecule has 2 unspecified atom stereocenters. The molecular weight excluding hydrogens is 566 g/mol. The van der Waals surface area contributed by atoms with Crippen LogP contribution in [0.25, 0.3) is 11.3 Å². The first-order valence-electron chi connectivity index (χ1n) is 12.8. The highest BCUT2D eigenvalue weighted by atomic mass is 35.5. The molecule has 7 nitrogen and oxygen atoms in total. The lowest BCUT2D eigenvalue weighted by Crippen LogP contribution is -2.49. The lowest BCUT2D eigenvalue weighted by molar-refractivity contribution is -0.184. The standard InChI is InChI=1S/C29H30ClF4N3O4/c1-27(29(32,33)34,14-36-26(39)17-5-9-23(24(11-17)40-3)41-19-6-7-19)25-13-18(28(2,35)15-38)12-22(37-25)16-4-8-21(31)20(30)10-16/h4-5,8-13,19,38H,6-7,14-15,35H2,1-3H3,(H,36,39). The van der Waals surface area contributed by atoms with Crippen molar-refractivity contribution in [3.8, 4) is 22.8 Å². The topological polar surface area (TPSA) is 107 Å². The Morgan fingerprint density at radius 2 is 1.83 bits per heavy atom. The Morgan fingerprint density at radius 1 is 1.12 bits per heavy atom. The van der Waals surface area contributed by atoms with Crippen molar-refractivity contribution in [2.75, 3.05) is 20.3 Å². The molecule has 41 heavy (non-hydrogen) atoms. The fourth-order valence-electron chi connectivity index (χ4n) is 4.00. The highest BCUT2D eigenvalue weighted by molar-refractivity contribution is 6.31. The highest BCUT2D eigenvalue weighted by Gasteiger charge is 2.54. The molecule has 3 aromatic rings. The van der Waals surface area contributed by atoms with Crippen molar-refractivity contribution in [3.63, 3.8) is 0 Å². The van der Waals surface area contributed by atoms with Gasteiger partial charge < -0.3 is 25.6 Å². The molecule has 4 N–H and O–H groups in total. The molecule has 1 heterocycles. The summed E-state index contributed by atoms with van der Waals surface area (Å²) in [6.07, 6.45) is -2.98. The Morgan fingerprint density at radius 3 is 2.41 bits per heavy atom. The summed E-state index contributed by atoms with van der Waals surface area (Å²) < 4.78 is 69.0. The number of hydrogen-bond donors (Lipinski definition) is 3. The lowest BCUT2D eigenvalue weighted by Gasteiger charge is -2.33. The third-order valence-corrected chi connectivity index (χ3v) is 7.36. The molecule has 1 aliphatic rings. The predicted molar refractivity (Wildman–Crippen MR) is 146 cm³/mol. The Hall–Kier alpha value is -3.41. The molecule has 1 saturated carbocycles. The maximum absolute atomic E-state index is 14.7. The fourth-order valence-corrected chi connectivity index (χ4v) is 4.18. The molecule has 2 aromatic carbocycles. The molecule has 12 heteroatoms. The molecule has 1 aliphatic carbocycles. The van der Waals surface area contributed by atoms with Crippen molar-refractivity contribution in [2.24, 2.45) is 5.73 Å². The van der Waals surface area contributed by atoms with Gasteiger partial charge in [0.2, 0.25) is 0 Å². The minimum absolute atomic E-state index is 0.0299. The van der Waals surface area contributed by atoms with Gasteiger partial charge in [0.05, 0.1) is 41.8 Å². The van der Waals surface area contributed by atoms with Crippen LogP contribution in [0.2, 0.25) is 5.02 Å². The van der Waals surface area contributed by atoms with Crippen LogP contribution >= 0.6 is 11.6 Å². The Balaban J connectivity index is 1.71. The van der Waals surface area contributed by atoms with Crippen LogP contribution in [0.5, 0.6) is 11.5 Å². The van der Waals surface area contributed by atoms with Gasteiger partial charge >= 0.3 is 6.18 Å². The van der Waals surface area contributed by atoms with Gasteiger partial charge in [-0.05, 0) is 80.8 Å². The summed E-state index contributed by atoms with van der Waals surface area (Å²) in [7, 11) is 1.40. The minimum Gasteiger partial charge on any atom is -0.493 e. The second-order valence-electron chi connectivity index (χ2n) is 10.5. The number of nitrogens with one attached hydrogen (secondary N) is 1. The average molecular weight is 596 g/mol. The van der Waals surface area contributed by atoms with E-state index in [4.69, 9.17) is 26.8 Å². The summed E-state index contributed by atoms with van der Waals surface area (Å²) >= 11 is 5.91. The summed E-state index contributed by atoms with van der Waals surface area (Å²) in [5, 5.41) is 12.0. The molecule has 0 radical (unpaired) electrons. The van der Waals surface area contributed by atoms with Crippen LogP contribution in [0.3, 0.4) is 0 Å². The zero-order valence-corrected chi connectivity index (χ0v) is 23.4. The first-order valence-corrected chi connectivity index (χ1v) is 13.1. The smallest absolute Gasteiger partial charge is 0.401 e. The number of aliphatic hydroxyl groups is 1. The van der Waals surface area contributed by atoms with E-state index in [9.17, 15) is 27.5 Å². The van der Waals surface area contributed by atoms with E-state index in [-0.39, 0.29) is 39.3 Å². The normalized spacial score (nSPS) is 16.4. The molecule has 0 aliphatic heterocycles. The van der Waals surface area contributed by atoms with Gasteiger partial charge in [0.15, 0.2) is 11.5 Å². The summed E-state index contributed by atoms with van der Waals surface area (Å²) in [5.41, 5.74) is 2.10. The average Bonchev–Trinajstić information content (AvgIpc) is 3.76. The number of hydrogen-bond acceptors (Lipinski definition) is 6. The molecule has 0 spiro atoms. The number of amides is 1. The number of methoxy groups -OCH3 is 1. The third-order valence-electron chi connectivity index (χ3n) is 7.07. The SMILES string of the molecule is COc1cc(C(=O)NCC(C)(c2cc(C(C)(N)CO)cc(-c3ccc(F)c(Cl)c3)n2)C(F)(F)F)ccc1OC1CC1. The van der Waals surface area contributed by atoms with E-state index < -0.39 is 47.7 Å². The van der Waals surface area contributed by atoms with Crippen molar-refractivity contribution < 1.29 is 36.9 Å². The van der Waals surface area contributed by atoms with Crippen molar-refractivity contribution in [1.29, 1.82) is 0 Å². The van der Waals surface area contributed by atoms with Crippen molar-refractivity contribution in [1.82, 2.24) is 10.3 Å². The van der Waals surface area contributed by atoms with E-state index in [1.54, 1.807) is 0 Å². The van der Waals surface area contributed by atoms with Gasteiger partial charge in [0.25, 0.3) is 5.91 Å². The maximum Gasteiger partial charge on any atom is 0.401 e. The fraction of sp³-hybridized carbons (Fsp3) is 0.379. The molecule has 2 atom stereocenters. The van der Waals surface area contributed by atoms with Crippen LogP contribution in [0.15, 0.2) is 48.5 Å². The number of nitrogens with zero attached hydrogens (tertiary/aromatic N) is 1. The molecule has 4 rings (SSSR count). The second kappa shape index (κ2) is 11.5. The van der Waals surface area contributed by atoms with Gasteiger partial charge in [-0.1, -0.05) is 11.6 Å². The van der Waals surface area contributed by atoms with Crippen molar-refractivity contribution in [3.05, 3.63) is 76.2 Å². The van der Waals surface area contributed by atoms with Gasteiger partial charge in [-0.3, -0.25) is 9.78 Å². The number of ether oxygens (including phenoxy) is 2. The molecule has 1 fully saturated rings. The lowest BCUT2D eigenvalue weighted by atomic mass is 9.82. The van der Waals surface area contributed by atoms with Gasteiger partial charge in [0.1, 0.15) is 11.2 Å². The number of carbonyl (C=O) groups excluding carboxylic acids is 1. The number of alkyl halides is 3. The van der Waals surface area contributed by atoms with Crippen LogP contribution in [0.1, 0.15) is 48.3 Å². The van der Waals surface area contributed by atoms with Crippen molar-refractivity contribution >= 4 is 17.5 Å². The first-order chi connectivity index (χ1) is 19.2. The van der Waals surface area contributed by atoms with Crippen LogP contribution in [0, 0.1) is 5.82 Å². The van der Waals surface area contributed by atoms with E-state index >= 15 is 0 Å². The van der Waals surface area contributed by atoms with Crippen LogP contribution in [-0.2, 0) is 11.0 Å². The molecule has 1 amide bonds. The second-order valence-corrected chi connectivity index (χ2v) is 10.9. The zero-order chi connectivity index (χ0) is 30.2. The Labute approximate surface area is 239 Å². The summed E-state index contributed by atoms with van der Waals surface area (Å²) in [6, 6.07) is 10.6. The molecule has 0 saturated heterocycles. The van der Waals surface area contributed by atoms with E-state index in [1.165, 1.54) is 50.4 Å².